The fraction of sp³-hybridized carbons (Fsp3) is 0.455. The maximum atomic E-state index is 12.0. The molecule has 0 fully saturated rings. The van der Waals surface area contributed by atoms with Gasteiger partial charge in [0.2, 0.25) is 0 Å². The molecule has 0 N–H and O–H groups in total. The second-order valence-corrected chi connectivity index (χ2v) is 3.80. The van der Waals surface area contributed by atoms with Crippen molar-refractivity contribution in [1.82, 2.24) is 23.9 Å². The third-order valence-electron chi connectivity index (χ3n) is 2.78. The van der Waals surface area contributed by atoms with E-state index in [9.17, 15) is 9.59 Å². The summed E-state index contributed by atoms with van der Waals surface area (Å²) in [5, 5.41) is 4.01. The maximum Gasteiger partial charge on any atom is 0.331 e. The van der Waals surface area contributed by atoms with Crippen LogP contribution in [0.15, 0.2) is 28.2 Å². The number of rotatable bonds is 4. The second-order valence-electron chi connectivity index (χ2n) is 3.80. The third-order valence-corrected chi connectivity index (χ3v) is 2.78. The Hall–Kier alpha value is -2.18. The Morgan fingerprint density at radius 1 is 1.22 bits per heavy atom. The Balaban J connectivity index is 2.46. The van der Waals surface area contributed by atoms with E-state index in [1.54, 1.807) is 4.68 Å². The van der Waals surface area contributed by atoms with Crippen LogP contribution in [0.2, 0.25) is 0 Å². The van der Waals surface area contributed by atoms with Crippen LogP contribution in [0.4, 0.5) is 0 Å². The van der Waals surface area contributed by atoms with E-state index in [4.69, 9.17) is 0 Å². The van der Waals surface area contributed by atoms with Gasteiger partial charge in [-0.15, -0.1) is 0 Å². The van der Waals surface area contributed by atoms with Crippen molar-refractivity contribution in [2.75, 3.05) is 0 Å². The summed E-state index contributed by atoms with van der Waals surface area (Å²) in [7, 11) is 0. The summed E-state index contributed by atoms with van der Waals surface area (Å²) in [6.07, 6.45) is 2.93. The highest BCUT2D eigenvalue weighted by Gasteiger charge is 2.09. The minimum Gasteiger partial charge on any atom is -0.301 e. The molecule has 0 amide bonds. The van der Waals surface area contributed by atoms with Gasteiger partial charge < -0.3 is 4.57 Å². The SMILES string of the molecule is CCn1ncnc1Cn1c(=O)ccn(CC)c1=O. The molecule has 0 saturated heterocycles. The van der Waals surface area contributed by atoms with Crippen molar-refractivity contribution < 1.29 is 0 Å². The molecular weight excluding hydrogens is 234 g/mol. The van der Waals surface area contributed by atoms with E-state index in [2.05, 4.69) is 10.1 Å². The summed E-state index contributed by atoms with van der Waals surface area (Å²) in [4.78, 5) is 27.8. The number of nitrogens with zero attached hydrogens (tertiary/aromatic N) is 5. The lowest BCUT2D eigenvalue weighted by atomic mass is 10.5. The van der Waals surface area contributed by atoms with Crippen LogP contribution in [0.25, 0.3) is 0 Å². The third kappa shape index (κ3) is 2.11. The quantitative estimate of drug-likeness (QED) is 0.745. The van der Waals surface area contributed by atoms with Crippen molar-refractivity contribution in [1.29, 1.82) is 0 Å². The molecule has 0 aliphatic carbocycles. The number of aryl methyl sites for hydroxylation is 2. The molecule has 7 heteroatoms. The zero-order valence-corrected chi connectivity index (χ0v) is 10.4. The summed E-state index contributed by atoms with van der Waals surface area (Å²) in [6, 6.07) is 1.39. The van der Waals surface area contributed by atoms with E-state index in [0.29, 0.717) is 18.9 Å². The molecule has 0 atom stereocenters. The molecule has 0 radical (unpaired) electrons. The topological polar surface area (TPSA) is 74.7 Å². The first kappa shape index (κ1) is 12.3. The average molecular weight is 249 g/mol. The van der Waals surface area contributed by atoms with Crippen molar-refractivity contribution >= 4 is 0 Å². The molecular formula is C11H15N5O2. The van der Waals surface area contributed by atoms with Gasteiger partial charge in [-0.2, -0.15) is 5.10 Å². The Morgan fingerprint density at radius 3 is 2.67 bits per heavy atom. The molecule has 0 saturated carbocycles. The summed E-state index contributed by atoms with van der Waals surface area (Å²) < 4.78 is 4.31. The monoisotopic (exact) mass is 249 g/mol. The van der Waals surface area contributed by atoms with E-state index < -0.39 is 0 Å². The van der Waals surface area contributed by atoms with Gasteiger partial charge >= 0.3 is 5.69 Å². The smallest absolute Gasteiger partial charge is 0.301 e. The van der Waals surface area contributed by atoms with Crippen molar-refractivity contribution in [3.63, 3.8) is 0 Å². The Morgan fingerprint density at radius 2 is 2.00 bits per heavy atom. The van der Waals surface area contributed by atoms with E-state index in [1.165, 1.54) is 27.7 Å². The standard InChI is InChI=1S/C11H15N5O2/c1-3-14-6-5-10(17)15(11(14)18)7-9-12-8-13-16(9)4-2/h5-6,8H,3-4,7H2,1-2H3. The van der Waals surface area contributed by atoms with Gasteiger partial charge in [-0.3, -0.25) is 9.36 Å². The summed E-state index contributed by atoms with van der Waals surface area (Å²) in [5.41, 5.74) is -0.647. The zero-order valence-electron chi connectivity index (χ0n) is 10.4. The minimum atomic E-state index is -0.324. The number of hydrogen-bond donors (Lipinski definition) is 0. The van der Waals surface area contributed by atoms with Crippen molar-refractivity contribution in [2.45, 2.75) is 33.5 Å². The van der Waals surface area contributed by atoms with E-state index >= 15 is 0 Å². The van der Waals surface area contributed by atoms with Crippen LogP contribution < -0.4 is 11.2 Å². The molecule has 2 aromatic rings. The molecule has 96 valence electrons. The van der Waals surface area contributed by atoms with Crippen LogP contribution in [0.5, 0.6) is 0 Å². The Bertz CT molecular complexity index is 652. The first-order valence-electron chi connectivity index (χ1n) is 5.84. The van der Waals surface area contributed by atoms with Crippen LogP contribution in [0.1, 0.15) is 19.7 Å². The van der Waals surface area contributed by atoms with Gasteiger partial charge in [-0.1, -0.05) is 0 Å². The van der Waals surface area contributed by atoms with Crippen LogP contribution >= 0.6 is 0 Å². The summed E-state index contributed by atoms with van der Waals surface area (Å²) >= 11 is 0. The van der Waals surface area contributed by atoms with Crippen LogP contribution in [-0.4, -0.2) is 23.9 Å². The summed E-state index contributed by atoms with van der Waals surface area (Å²) in [5.74, 6) is 0.602. The molecule has 0 bridgehead atoms. The normalized spacial score (nSPS) is 10.8. The molecule has 7 nitrogen and oxygen atoms in total. The fourth-order valence-corrected chi connectivity index (χ4v) is 1.76. The number of aromatic nitrogens is 5. The number of hydrogen-bond acceptors (Lipinski definition) is 4. The predicted octanol–water partition coefficient (Wildman–Crippen LogP) is -0.310. The lowest BCUT2D eigenvalue weighted by molar-refractivity contribution is 0.547. The van der Waals surface area contributed by atoms with Crippen LogP contribution in [-0.2, 0) is 19.6 Å². The van der Waals surface area contributed by atoms with E-state index in [0.717, 1.165) is 0 Å². The van der Waals surface area contributed by atoms with Crippen molar-refractivity contribution in [2.24, 2.45) is 0 Å². The first-order valence-corrected chi connectivity index (χ1v) is 5.84. The highest BCUT2D eigenvalue weighted by Crippen LogP contribution is 1.94. The largest absolute Gasteiger partial charge is 0.331 e. The lowest BCUT2D eigenvalue weighted by Gasteiger charge is -2.08. The molecule has 0 spiro atoms. The molecule has 2 rings (SSSR count). The van der Waals surface area contributed by atoms with Gasteiger partial charge in [0.05, 0.1) is 6.54 Å². The van der Waals surface area contributed by atoms with Gasteiger partial charge in [0.15, 0.2) is 0 Å². The Kier molecular flexibility index (Phi) is 3.40. The lowest BCUT2D eigenvalue weighted by Crippen LogP contribution is -2.39. The van der Waals surface area contributed by atoms with Crippen molar-refractivity contribution in [3.8, 4) is 0 Å². The first-order chi connectivity index (χ1) is 8.67. The highest BCUT2D eigenvalue weighted by molar-refractivity contribution is 4.92. The predicted molar refractivity (Wildman–Crippen MR) is 65.4 cm³/mol. The minimum absolute atomic E-state index is 0.145. The van der Waals surface area contributed by atoms with E-state index in [1.807, 2.05) is 13.8 Å². The second kappa shape index (κ2) is 4.99. The van der Waals surface area contributed by atoms with Gasteiger partial charge in [0, 0.05) is 25.4 Å². The Labute approximate surface area is 103 Å². The highest BCUT2D eigenvalue weighted by atomic mass is 16.2. The maximum absolute atomic E-state index is 12.0. The van der Waals surface area contributed by atoms with Gasteiger partial charge in [0.25, 0.3) is 5.56 Å². The molecule has 18 heavy (non-hydrogen) atoms. The zero-order chi connectivity index (χ0) is 13.1. The average Bonchev–Trinajstić information content (AvgIpc) is 2.82. The fourth-order valence-electron chi connectivity index (χ4n) is 1.76. The van der Waals surface area contributed by atoms with E-state index in [-0.39, 0.29) is 17.8 Å². The van der Waals surface area contributed by atoms with Crippen molar-refractivity contribution in [3.05, 3.63) is 45.3 Å². The molecule has 0 aliphatic rings. The van der Waals surface area contributed by atoms with Crippen LogP contribution in [0.3, 0.4) is 0 Å². The summed E-state index contributed by atoms with van der Waals surface area (Å²) in [6.45, 7) is 5.10. The molecule has 2 aromatic heterocycles. The molecule has 0 aromatic carbocycles. The molecule has 0 aliphatic heterocycles. The van der Waals surface area contributed by atoms with Gasteiger partial charge in [-0.05, 0) is 13.8 Å². The van der Waals surface area contributed by atoms with Gasteiger partial charge in [0.1, 0.15) is 12.2 Å². The van der Waals surface area contributed by atoms with Gasteiger partial charge in [-0.25, -0.2) is 14.5 Å². The molecule has 0 unspecified atom stereocenters. The molecule has 2 heterocycles. The van der Waals surface area contributed by atoms with Crippen LogP contribution in [0, 0.1) is 0 Å².